The second-order valence-corrected chi connectivity index (χ2v) is 6.19. The van der Waals surface area contributed by atoms with Crippen LogP contribution >= 0.6 is 0 Å². The van der Waals surface area contributed by atoms with Crippen LogP contribution in [-0.2, 0) is 13.6 Å². The summed E-state index contributed by atoms with van der Waals surface area (Å²) < 4.78 is 1.86. The summed E-state index contributed by atoms with van der Waals surface area (Å²) in [5.41, 5.74) is 11.0. The summed E-state index contributed by atoms with van der Waals surface area (Å²) in [4.78, 5) is 2.52. The molecule has 1 aliphatic rings. The minimum absolute atomic E-state index is 0.664. The molecule has 0 saturated carbocycles. The number of aromatic nitrogens is 2. The normalized spacial score (nSPS) is 19.3. The molecule has 0 bridgehead atoms. The first-order chi connectivity index (χ1) is 10.2. The number of likely N-dealkylation sites (tertiary alicyclic amines) is 1. The van der Waals surface area contributed by atoms with Crippen molar-refractivity contribution in [1.29, 1.82) is 0 Å². The van der Waals surface area contributed by atoms with Crippen LogP contribution in [0.1, 0.15) is 17.5 Å². The van der Waals surface area contributed by atoms with Crippen molar-refractivity contribution in [2.45, 2.75) is 19.9 Å². The highest BCUT2D eigenvalue weighted by molar-refractivity contribution is 5.66. The van der Waals surface area contributed by atoms with Gasteiger partial charge in [-0.05, 0) is 43.5 Å². The molecular weight excluding hydrogens is 260 g/mol. The van der Waals surface area contributed by atoms with E-state index in [0.717, 1.165) is 26.2 Å². The van der Waals surface area contributed by atoms with Gasteiger partial charge in [0.25, 0.3) is 0 Å². The van der Waals surface area contributed by atoms with Crippen molar-refractivity contribution in [3.8, 4) is 11.1 Å². The van der Waals surface area contributed by atoms with Gasteiger partial charge in [-0.25, -0.2) is 0 Å². The predicted molar refractivity (Wildman–Crippen MR) is 85.8 cm³/mol. The highest BCUT2D eigenvalue weighted by atomic mass is 15.2. The van der Waals surface area contributed by atoms with Gasteiger partial charge < -0.3 is 5.73 Å². The van der Waals surface area contributed by atoms with Crippen LogP contribution in [0.15, 0.2) is 30.6 Å². The van der Waals surface area contributed by atoms with E-state index in [1.165, 1.54) is 28.7 Å². The van der Waals surface area contributed by atoms with Gasteiger partial charge in [0.2, 0.25) is 0 Å². The molecular formula is C17H24N4. The first-order valence-electron chi connectivity index (χ1n) is 7.66. The van der Waals surface area contributed by atoms with E-state index in [0.29, 0.717) is 5.92 Å². The Morgan fingerprint density at radius 2 is 2.24 bits per heavy atom. The fourth-order valence-electron chi connectivity index (χ4n) is 3.15. The van der Waals surface area contributed by atoms with E-state index in [1.54, 1.807) is 0 Å². The highest BCUT2D eigenvalue weighted by Gasteiger charge is 2.22. The Kier molecular flexibility index (Phi) is 4.08. The van der Waals surface area contributed by atoms with Crippen molar-refractivity contribution in [1.82, 2.24) is 14.7 Å². The molecule has 0 radical (unpaired) electrons. The number of nitrogens with two attached hydrogens (primary N) is 1. The van der Waals surface area contributed by atoms with Crippen LogP contribution in [0.2, 0.25) is 0 Å². The van der Waals surface area contributed by atoms with Crippen molar-refractivity contribution in [2.24, 2.45) is 18.7 Å². The monoisotopic (exact) mass is 284 g/mol. The summed E-state index contributed by atoms with van der Waals surface area (Å²) in [6, 6.07) is 6.72. The molecule has 0 aliphatic carbocycles. The largest absolute Gasteiger partial charge is 0.330 e. The lowest BCUT2D eigenvalue weighted by molar-refractivity contribution is 0.318. The summed E-state index contributed by atoms with van der Waals surface area (Å²) in [6.45, 7) is 6.23. The second-order valence-electron chi connectivity index (χ2n) is 6.19. The van der Waals surface area contributed by atoms with Gasteiger partial charge in [0, 0.05) is 31.9 Å². The zero-order chi connectivity index (χ0) is 14.8. The Bertz CT molecular complexity index is 617. The third-order valence-electron chi connectivity index (χ3n) is 4.38. The minimum Gasteiger partial charge on any atom is -0.330 e. The van der Waals surface area contributed by atoms with Gasteiger partial charge in [0.1, 0.15) is 0 Å². The van der Waals surface area contributed by atoms with E-state index in [1.807, 2.05) is 17.9 Å². The number of rotatable bonds is 4. The van der Waals surface area contributed by atoms with E-state index in [2.05, 4.69) is 41.3 Å². The van der Waals surface area contributed by atoms with Crippen molar-refractivity contribution < 1.29 is 0 Å². The van der Waals surface area contributed by atoms with Crippen molar-refractivity contribution in [3.05, 3.63) is 41.7 Å². The Labute approximate surface area is 126 Å². The molecule has 1 saturated heterocycles. The van der Waals surface area contributed by atoms with Crippen molar-refractivity contribution >= 4 is 0 Å². The maximum absolute atomic E-state index is 5.80. The Balaban J connectivity index is 1.85. The lowest BCUT2D eigenvalue weighted by Gasteiger charge is -2.18. The van der Waals surface area contributed by atoms with Gasteiger partial charge in [0.15, 0.2) is 0 Å². The van der Waals surface area contributed by atoms with Gasteiger partial charge in [-0.1, -0.05) is 23.8 Å². The molecule has 1 aliphatic heterocycles. The molecule has 0 amide bonds. The van der Waals surface area contributed by atoms with E-state index < -0.39 is 0 Å². The van der Waals surface area contributed by atoms with E-state index in [4.69, 9.17) is 5.73 Å². The molecule has 2 aromatic rings. The summed E-state index contributed by atoms with van der Waals surface area (Å²) in [6.07, 6.45) is 5.26. The molecule has 1 aromatic heterocycles. The van der Waals surface area contributed by atoms with E-state index >= 15 is 0 Å². The van der Waals surface area contributed by atoms with Gasteiger partial charge in [-0.3, -0.25) is 9.58 Å². The van der Waals surface area contributed by atoms with Crippen molar-refractivity contribution in [3.63, 3.8) is 0 Å². The molecule has 2 N–H and O–H groups in total. The van der Waals surface area contributed by atoms with Crippen LogP contribution in [-0.4, -0.2) is 34.3 Å². The highest BCUT2D eigenvalue weighted by Crippen LogP contribution is 2.27. The van der Waals surface area contributed by atoms with Crippen LogP contribution in [0.25, 0.3) is 11.1 Å². The zero-order valence-corrected chi connectivity index (χ0v) is 12.9. The van der Waals surface area contributed by atoms with Gasteiger partial charge in [0.05, 0.1) is 6.20 Å². The molecule has 1 atom stereocenters. The van der Waals surface area contributed by atoms with Crippen LogP contribution < -0.4 is 5.73 Å². The average Bonchev–Trinajstić information content (AvgIpc) is 3.10. The SMILES string of the molecule is Cc1ccc(CN2CCC(CN)C2)c(-c2cnn(C)c2)c1. The topological polar surface area (TPSA) is 47.1 Å². The molecule has 1 aromatic carbocycles. The number of hydrogen-bond acceptors (Lipinski definition) is 3. The van der Waals surface area contributed by atoms with Gasteiger partial charge in [-0.15, -0.1) is 0 Å². The van der Waals surface area contributed by atoms with Crippen LogP contribution in [0, 0.1) is 12.8 Å². The number of aryl methyl sites for hydroxylation is 2. The first kappa shape index (κ1) is 14.3. The van der Waals surface area contributed by atoms with Crippen LogP contribution in [0.5, 0.6) is 0 Å². The number of nitrogens with zero attached hydrogens (tertiary/aromatic N) is 3. The van der Waals surface area contributed by atoms with Gasteiger partial charge in [-0.2, -0.15) is 5.10 Å². The fourth-order valence-corrected chi connectivity index (χ4v) is 3.15. The standard InChI is InChI=1S/C17H24N4/c1-13-3-4-15(12-21-6-5-14(8-18)10-21)17(7-13)16-9-19-20(2)11-16/h3-4,7,9,11,14H,5-6,8,10,12,18H2,1-2H3. The average molecular weight is 284 g/mol. The first-order valence-corrected chi connectivity index (χ1v) is 7.66. The molecule has 112 valence electrons. The molecule has 4 heteroatoms. The minimum atomic E-state index is 0.664. The molecule has 3 rings (SSSR count). The van der Waals surface area contributed by atoms with Crippen LogP contribution in [0.3, 0.4) is 0 Å². The molecule has 1 fully saturated rings. The summed E-state index contributed by atoms with van der Waals surface area (Å²) >= 11 is 0. The molecule has 0 spiro atoms. The fraction of sp³-hybridized carbons (Fsp3) is 0.471. The number of hydrogen-bond donors (Lipinski definition) is 1. The zero-order valence-electron chi connectivity index (χ0n) is 12.9. The lowest BCUT2D eigenvalue weighted by atomic mass is 9.99. The predicted octanol–water partition coefficient (Wildman–Crippen LogP) is 2.18. The molecule has 21 heavy (non-hydrogen) atoms. The lowest BCUT2D eigenvalue weighted by Crippen LogP contribution is -2.23. The Morgan fingerprint density at radius 3 is 2.90 bits per heavy atom. The summed E-state index contributed by atoms with van der Waals surface area (Å²) in [7, 11) is 1.96. The maximum atomic E-state index is 5.80. The van der Waals surface area contributed by atoms with Crippen molar-refractivity contribution in [2.75, 3.05) is 19.6 Å². The van der Waals surface area contributed by atoms with Crippen LogP contribution in [0.4, 0.5) is 0 Å². The number of benzene rings is 1. The molecule has 4 nitrogen and oxygen atoms in total. The Morgan fingerprint density at radius 1 is 1.38 bits per heavy atom. The third kappa shape index (κ3) is 3.17. The smallest absolute Gasteiger partial charge is 0.0568 e. The Hall–Kier alpha value is -1.65. The second kappa shape index (κ2) is 6.00. The van der Waals surface area contributed by atoms with E-state index in [9.17, 15) is 0 Å². The summed E-state index contributed by atoms with van der Waals surface area (Å²) in [5.74, 6) is 0.664. The summed E-state index contributed by atoms with van der Waals surface area (Å²) in [5, 5.41) is 4.31. The third-order valence-corrected chi connectivity index (χ3v) is 4.38. The maximum Gasteiger partial charge on any atom is 0.0568 e. The quantitative estimate of drug-likeness (QED) is 0.936. The van der Waals surface area contributed by atoms with Gasteiger partial charge >= 0.3 is 0 Å². The van der Waals surface area contributed by atoms with E-state index in [-0.39, 0.29) is 0 Å². The molecule has 2 heterocycles. The molecule has 1 unspecified atom stereocenters.